The van der Waals surface area contributed by atoms with Gasteiger partial charge in [-0.3, -0.25) is 4.79 Å². The molecule has 1 aromatic heterocycles. The molecule has 0 bridgehead atoms. The number of benzene rings is 2. The quantitative estimate of drug-likeness (QED) is 0.334. The topological polar surface area (TPSA) is 68.7 Å². The van der Waals surface area contributed by atoms with Crippen LogP contribution in [0.2, 0.25) is 10.0 Å². The number of pyridine rings is 1. The zero-order valence-corrected chi connectivity index (χ0v) is 20.7. The van der Waals surface area contributed by atoms with E-state index in [1.807, 2.05) is 23.1 Å². The van der Waals surface area contributed by atoms with E-state index in [0.29, 0.717) is 47.0 Å². The number of rotatable bonds is 7. The maximum Gasteiger partial charge on any atom is 0.410 e. The predicted molar refractivity (Wildman–Crippen MR) is 135 cm³/mol. The highest BCUT2D eigenvalue weighted by atomic mass is 35.5. The number of ether oxygens (including phenoxy) is 2. The third kappa shape index (κ3) is 5.71. The Hall–Kier alpha value is -2.83. The summed E-state index contributed by atoms with van der Waals surface area (Å²) in [6.07, 6.45) is 3.41. The fraction of sp³-hybridized carbons (Fsp3) is 0.370. The summed E-state index contributed by atoms with van der Waals surface area (Å²) in [7, 11) is 0. The molecule has 1 saturated heterocycles. The van der Waals surface area contributed by atoms with E-state index < -0.39 is 0 Å². The number of fused-ring (bicyclic) bond motifs is 1. The number of nitrogens with zero attached hydrogens (tertiary/aromatic N) is 2. The molecule has 0 spiro atoms. The van der Waals surface area contributed by atoms with Gasteiger partial charge in [-0.2, -0.15) is 0 Å². The molecule has 1 amide bonds. The third-order valence-corrected chi connectivity index (χ3v) is 7.31. The Labute approximate surface area is 214 Å². The van der Waals surface area contributed by atoms with Crippen LogP contribution in [0.4, 0.5) is 4.79 Å². The standard InChI is InChI=1S/C27H26Cl2N2O4/c28-19-4-9-22(10-5-19)34-16-23-15-31(27(33)35-23)21-7-1-17(2-8-21)13-26(32)25-11-3-18-14-20(29)6-12-24(18)30-25/h3-6,9-12,14,17,21,23H,1-2,7-8,13,15-16H2. The predicted octanol–water partition coefficient (Wildman–Crippen LogP) is 6.57. The smallest absolute Gasteiger partial charge is 0.410 e. The van der Waals surface area contributed by atoms with Crippen molar-refractivity contribution in [1.82, 2.24) is 9.88 Å². The van der Waals surface area contributed by atoms with Crippen molar-refractivity contribution in [2.24, 2.45) is 5.92 Å². The van der Waals surface area contributed by atoms with Crippen LogP contribution in [0.5, 0.6) is 5.75 Å². The number of ketones is 1. The highest BCUT2D eigenvalue weighted by molar-refractivity contribution is 6.31. The fourth-order valence-corrected chi connectivity index (χ4v) is 5.23. The van der Waals surface area contributed by atoms with E-state index in [0.717, 1.165) is 36.6 Å². The first-order chi connectivity index (χ1) is 16.9. The van der Waals surface area contributed by atoms with Crippen molar-refractivity contribution < 1.29 is 19.1 Å². The molecule has 2 aromatic carbocycles. The highest BCUT2D eigenvalue weighted by Gasteiger charge is 2.38. The van der Waals surface area contributed by atoms with Crippen molar-refractivity contribution in [3.63, 3.8) is 0 Å². The molecule has 1 atom stereocenters. The second kappa shape index (κ2) is 10.4. The maximum atomic E-state index is 12.9. The summed E-state index contributed by atoms with van der Waals surface area (Å²) in [6.45, 7) is 0.824. The molecular formula is C27H26Cl2N2O4. The minimum atomic E-state index is -0.300. The Bertz CT molecular complexity index is 1230. The second-order valence-electron chi connectivity index (χ2n) is 9.26. The number of aromatic nitrogens is 1. The number of carbonyl (C=O) groups excluding carboxylic acids is 2. The van der Waals surface area contributed by atoms with Crippen molar-refractivity contribution >= 4 is 46.0 Å². The molecule has 5 rings (SSSR count). The molecule has 1 aliphatic heterocycles. The summed E-state index contributed by atoms with van der Waals surface area (Å²) in [5.74, 6) is 1.05. The Morgan fingerprint density at radius 3 is 2.51 bits per heavy atom. The first-order valence-corrected chi connectivity index (χ1v) is 12.7. The van der Waals surface area contributed by atoms with Crippen molar-refractivity contribution in [3.8, 4) is 5.75 Å². The average Bonchev–Trinajstić information content (AvgIpc) is 3.24. The summed E-state index contributed by atoms with van der Waals surface area (Å²) in [5, 5.41) is 2.22. The maximum absolute atomic E-state index is 12.9. The zero-order valence-electron chi connectivity index (χ0n) is 19.2. The van der Waals surface area contributed by atoms with Gasteiger partial charge in [-0.15, -0.1) is 0 Å². The van der Waals surface area contributed by atoms with Gasteiger partial charge >= 0.3 is 6.09 Å². The molecule has 1 saturated carbocycles. The molecule has 8 heteroatoms. The molecular weight excluding hydrogens is 487 g/mol. The van der Waals surface area contributed by atoms with Crippen molar-refractivity contribution in [2.45, 2.75) is 44.2 Å². The first-order valence-electron chi connectivity index (χ1n) is 11.9. The van der Waals surface area contributed by atoms with E-state index in [-0.39, 0.29) is 24.0 Å². The van der Waals surface area contributed by atoms with E-state index in [1.54, 1.807) is 36.4 Å². The van der Waals surface area contributed by atoms with E-state index >= 15 is 0 Å². The molecule has 2 fully saturated rings. The van der Waals surface area contributed by atoms with Gasteiger partial charge in [-0.25, -0.2) is 9.78 Å². The number of hydrogen-bond acceptors (Lipinski definition) is 5. The molecule has 35 heavy (non-hydrogen) atoms. The number of hydrogen-bond donors (Lipinski definition) is 0. The van der Waals surface area contributed by atoms with Gasteiger partial charge < -0.3 is 14.4 Å². The van der Waals surface area contributed by atoms with E-state index in [4.69, 9.17) is 32.7 Å². The molecule has 0 N–H and O–H groups in total. The Morgan fingerprint density at radius 2 is 1.74 bits per heavy atom. The number of halogens is 2. The highest BCUT2D eigenvalue weighted by Crippen LogP contribution is 2.33. The van der Waals surface area contributed by atoms with E-state index in [1.165, 1.54) is 0 Å². The van der Waals surface area contributed by atoms with Crippen LogP contribution in [0.3, 0.4) is 0 Å². The summed E-state index contributed by atoms with van der Waals surface area (Å²) in [6, 6.07) is 16.4. The minimum Gasteiger partial charge on any atom is -0.490 e. The van der Waals surface area contributed by atoms with Gasteiger partial charge in [0, 0.05) is 27.9 Å². The molecule has 0 radical (unpaired) electrons. The van der Waals surface area contributed by atoms with Gasteiger partial charge in [0.2, 0.25) is 0 Å². The van der Waals surface area contributed by atoms with Gasteiger partial charge in [0.05, 0.1) is 12.1 Å². The lowest BCUT2D eigenvalue weighted by molar-refractivity contribution is 0.0913. The van der Waals surface area contributed by atoms with Crippen LogP contribution in [-0.2, 0) is 4.74 Å². The normalized spacial score (nSPS) is 22.3. The summed E-state index contributed by atoms with van der Waals surface area (Å²) in [4.78, 5) is 31.7. The third-order valence-electron chi connectivity index (χ3n) is 6.82. The van der Waals surface area contributed by atoms with Gasteiger partial charge in [-0.05, 0) is 80.1 Å². The van der Waals surface area contributed by atoms with Crippen LogP contribution in [-0.4, -0.2) is 47.1 Å². The summed E-state index contributed by atoms with van der Waals surface area (Å²) in [5.41, 5.74) is 1.26. The van der Waals surface area contributed by atoms with E-state index in [9.17, 15) is 9.59 Å². The molecule has 2 aliphatic rings. The van der Waals surface area contributed by atoms with Gasteiger partial charge in [-0.1, -0.05) is 29.3 Å². The second-order valence-corrected chi connectivity index (χ2v) is 10.1. The van der Waals surface area contributed by atoms with Crippen LogP contribution >= 0.6 is 23.2 Å². The Balaban J connectivity index is 1.10. The lowest BCUT2D eigenvalue weighted by atomic mass is 9.82. The summed E-state index contributed by atoms with van der Waals surface area (Å²) >= 11 is 11.9. The number of amides is 1. The lowest BCUT2D eigenvalue weighted by Crippen LogP contribution is -2.39. The average molecular weight is 513 g/mol. The number of carbonyl (C=O) groups is 2. The van der Waals surface area contributed by atoms with Gasteiger partial charge in [0.25, 0.3) is 0 Å². The fourth-order valence-electron chi connectivity index (χ4n) is 4.93. The first kappa shape index (κ1) is 23.9. The monoisotopic (exact) mass is 512 g/mol. The molecule has 6 nitrogen and oxygen atoms in total. The van der Waals surface area contributed by atoms with Crippen molar-refractivity contribution in [2.75, 3.05) is 13.2 Å². The van der Waals surface area contributed by atoms with Crippen LogP contribution in [0.25, 0.3) is 10.9 Å². The minimum absolute atomic E-state index is 0.0605. The van der Waals surface area contributed by atoms with Crippen LogP contribution in [0.1, 0.15) is 42.6 Å². The number of cyclic esters (lactones) is 1. The molecule has 1 unspecified atom stereocenters. The Morgan fingerprint density at radius 1 is 1.00 bits per heavy atom. The van der Waals surface area contributed by atoms with Crippen molar-refractivity contribution in [1.29, 1.82) is 0 Å². The Kier molecular flexibility index (Phi) is 7.12. The molecule has 182 valence electrons. The van der Waals surface area contributed by atoms with Crippen molar-refractivity contribution in [3.05, 3.63) is 70.3 Å². The van der Waals surface area contributed by atoms with Gasteiger partial charge in [0.1, 0.15) is 18.1 Å². The molecule has 2 heterocycles. The molecule has 1 aliphatic carbocycles. The van der Waals surface area contributed by atoms with Gasteiger partial charge in [0.15, 0.2) is 11.9 Å². The summed E-state index contributed by atoms with van der Waals surface area (Å²) < 4.78 is 11.3. The largest absolute Gasteiger partial charge is 0.490 e. The number of Topliss-reactive ketones (excluding diaryl/α,β-unsaturated/α-hetero) is 1. The SMILES string of the molecule is O=C(CC1CCC(N2CC(COc3ccc(Cl)cc3)OC2=O)CC1)c1ccc2cc(Cl)ccc2n1. The lowest BCUT2D eigenvalue weighted by Gasteiger charge is -2.33. The van der Waals surface area contributed by atoms with E-state index in [2.05, 4.69) is 4.98 Å². The van der Waals surface area contributed by atoms with Crippen LogP contribution < -0.4 is 4.74 Å². The van der Waals surface area contributed by atoms with Crippen LogP contribution in [0.15, 0.2) is 54.6 Å². The van der Waals surface area contributed by atoms with Crippen LogP contribution in [0, 0.1) is 5.92 Å². The zero-order chi connectivity index (χ0) is 24.4. The molecule has 3 aromatic rings.